The fourth-order valence-electron chi connectivity index (χ4n) is 1.03. The molecule has 0 N–H and O–H groups in total. The Labute approximate surface area is 98.9 Å². The van der Waals surface area contributed by atoms with Crippen molar-refractivity contribution in [2.75, 3.05) is 13.2 Å². The van der Waals surface area contributed by atoms with Crippen LogP contribution in [0.15, 0.2) is 16.6 Å². The maximum atomic E-state index is 5.44. The van der Waals surface area contributed by atoms with Crippen LogP contribution >= 0.6 is 15.9 Å². The summed E-state index contributed by atoms with van der Waals surface area (Å²) >= 11 is 3.39. The van der Waals surface area contributed by atoms with E-state index in [9.17, 15) is 0 Å². The first-order chi connectivity index (χ1) is 7.09. The van der Waals surface area contributed by atoms with Crippen LogP contribution in [0.1, 0.15) is 19.5 Å². The van der Waals surface area contributed by atoms with Crippen LogP contribution in [0.2, 0.25) is 0 Å². The Balaban J connectivity index is 2.35. The Morgan fingerprint density at radius 2 is 2.07 bits per heavy atom. The molecule has 1 rings (SSSR count). The molecule has 0 saturated carbocycles. The molecule has 0 atom stereocenters. The lowest BCUT2D eigenvalue weighted by molar-refractivity contribution is 0.0542. The zero-order valence-corrected chi connectivity index (χ0v) is 10.9. The molecule has 1 aromatic rings. The fourth-order valence-corrected chi connectivity index (χ4v) is 1.25. The molecule has 0 radical (unpaired) electrons. The van der Waals surface area contributed by atoms with Gasteiger partial charge in [-0.25, -0.2) is 4.98 Å². The minimum atomic E-state index is 0.244. The molecule has 0 aliphatic heterocycles. The third-order valence-electron chi connectivity index (χ3n) is 1.78. The first-order valence-electron chi connectivity index (χ1n) is 4.97. The van der Waals surface area contributed by atoms with Crippen LogP contribution < -0.4 is 4.74 Å². The topological polar surface area (TPSA) is 31.4 Å². The van der Waals surface area contributed by atoms with E-state index in [-0.39, 0.29) is 6.10 Å². The van der Waals surface area contributed by atoms with Crippen LogP contribution in [0.25, 0.3) is 0 Å². The number of pyridine rings is 1. The van der Waals surface area contributed by atoms with E-state index < -0.39 is 0 Å². The minimum Gasteiger partial charge on any atom is -0.475 e. The molecule has 0 aliphatic carbocycles. The predicted molar refractivity (Wildman–Crippen MR) is 63.3 cm³/mol. The van der Waals surface area contributed by atoms with Gasteiger partial charge in [0.25, 0.3) is 0 Å². The van der Waals surface area contributed by atoms with Crippen LogP contribution in [-0.2, 0) is 4.74 Å². The summed E-state index contributed by atoms with van der Waals surface area (Å²) < 4.78 is 11.8. The Hall–Kier alpha value is -0.610. The highest BCUT2D eigenvalue weighted by molar-refractivity contribution is 9.10. The number of ether oxygens (including phenoxy) is 2. The molecule has 84 valence electrons. The van der Waals surface area contributed by atoms with E-state index in [4.69, 9.17) is 9.47 Å². The molecule has 0 aromatic carbocycles. The van der Waals surface area contributed by atoms with Gasteiger partial charge in [0.1, 0.15) is 6.61 Å². The van der Waals surface area contributed by atoms with Crippen molar-refractivity contribution in [1.29, 1.82) is 0 Å². The largest absolute Gasteiger partial charge is 0.475 e. The zero-order valence-electron chi connectivity index (χ0n) is 9.29. The normalized spacial score (nSPS) is 10.7. The van der Waals surface area contributed by atoms with Crippen molar-refractivity contribution in [3.05, 3.63) is 22.3 Å². The third kappa shape index (κ3) is 4.62. The first kappa shape index (κ1) is 12.5. The number of rotatable bonds is 5. The van der Waals surface area contributed by atoms with E-state index >= 15 is 0 Å². The van der Waals surface area contributed by atoms with E-state index in [1.165, 1.54) is 0 Å². The van der Waals surface area contributed by atoms with Crippen LogP contribution in [0, 0.1) is 6.92 Å². The predicted octanol–water partition coefficient (Wildman–Crippen LogP) is 2.96. The fraction of sp³-hybridized carbons (Fsp3) is 0.545. The van der Waals surface area contributed by atoms with Crippen molar-refractivity contribution >= 4 is 15.9 Å². The van der Waals surface area contributed by atoms with Crippen molar-refractivity contribution in [3.8, 4) is 5.88 Å². The Bertz CT molecular complexity index is 315. The number of hydrogen-bond donors (Lipinski definition) is 0. The monoisotopic (exact) mass is 273 g/mol. The second-order valence-corrected chi connectivity index (χ2v) is 4.34. The van der Waals surface area contributed by atoms with Gasteiger partial charge >= 0.3 is 0 Å². The Morgan fingerprint density at radius 1 is 1.33 bits per heavy atom. The number of aryl methyl sites for hydroxylation is 1. The third-order valence-corrected chi connectivity index (χ3v) is 2.62. The van der Waals surface area contributed by atoms with Gasteiger partial charge in [0.15, 0.2) is 0 Å². The number of aromatic nitrogens is 1. The SMILES string of the molecule is Cc1nc(OCCOC(C)C)ccc1Br. The molecule has 1 heterocycles. The second kappa shape index (κ2) is 6.08. The van der Waals surface area contributed by atoms with Crippen LogP contribution in [0.5, 0.6) is 5.88 Å². The van der Waals surface area contributed by atoms with E-state index in [0.29, 0.717) is 19.1 Å². The number of nitrogens with zero attached hydrogens (tertiary/aromatic N) is 1. The summed E-state index contributed by atoms with van der Waals surface area (Å²) in [6.07, 6.45) is 0.244. The van der Waals surface area contributed by atoms with Crippen molar-refractivity contribution < 1.29 is 9.47 Å². The molecule has 0 bridgehead atoms. The Kier molecular flexibility index (Phi) is 5.05. The minimum absolute atomic E-state index is 0.244. The molecule has 0 aliphatic rings. The van der Waals surface area contributed by atoms with Gasteiger partial charge in [-0.1, -0.05) is 0 Å². The summed E-state index contributed by atoms with van der Waals surface area (Å²) in [4.78, 5) is 4.26. The van der Waals surface area contributed by atoms with Gasteiger partial charge in [0, 0.05) is 10.5 Å². The van der Waals surface area contributed by atoms with E-state index in [2.05, 4.69) is 20.9 Å². The number of hydrogen-bond acceptors (Lipinski definition) is 3. The molecular formula is C11H16BrNO2. The molecule has 1 aromatic heterocycles. The standard InChI is InChI=1S/C11H16BrNO2/c1-8(2)14-6-7-15-11-5-4-10(12)9(3)13-11/h4-5,8H,6-7H2,1-3H3. The molecule has 0 unspecified atom stereocenters. The van der Waals surface area contributed by atoms with Gasteiger partial charge in [-0.05, 0) is 42.8 Å². The molecule has 0 amide bonds. The molecule has 15 heavy (non-hydrogen) atoms. The average molecular weight is 274 g/mol. The van der Waals surface area contributed by atoms with Crippen molar-refractivity contribution in [1.82, 2.24) is 4.98 Å². The van der Waals surface area contributed by atoms with Gasteiger partial charge in [-0.2, -0.15) is 0 Å². The van der Waals surface area contributed by atoms with Crippen LogP contribution in [-0.4, -0.2) is 24.3 Å². The lowest BCUT2D eigenvalue weighted by Crippen LogP contribution is -2.11. The van der Waals surface area contributed by atoms with Gasteiger partial charge < -0.3 is 9.47 Å². The summed E-state index contributed by atoms with van der Waals surface area (Å²) in [5.74, 6) is 0.642. The summed E-state index contributed by atoms with van der Waals surface area (Å²) in [5.41, 5.74) is 0.928. The van der Waals surface area contributed by atoms with Crippen molar-refractivity contribution in [3.63, 3.8) is 0 Å². The summed E-state index contributed by atoms with van der Waals surface area (Å²) in [6, 6.07) is 3.77. The lowest BCUT2D eigenvalue weighted by Gasteiger charge is -2.09. The quantitative estimate of drug-likeness (QED) is 0.773. The van der Waals surface area contributed by atoms with Gasteiger partial charge in [-0.15, -0.1) is 0 Å². The molecule has 0 saturated heterocycles. The maximum Gasteiger partial charge on any atom is 0.213 e. The molecule has 3 nitrogen and oxygen atoms in total. The molecule has 0 spiro atoms. The van der Waals surface area contributed by atoms with Gasteiger partial charge in [0.05, 0.1) is 18.4 Å². The van der Waals surface area contributed by atoms with E-state index in [1.54, 1.807) is 0 Å². The summed E-state index contributed by atoms with van der Waals surface area (Å²) in [7, 11) is 0. The highest BCUT2D eigenvalue weighted by Crippen LogP contribution is 2.17. The smallest absolute Gasteiger partial charge is 0.213 e. The van der Waals surface area contributed by atoms with Gasteiger partial charge in [-0.3, -0.25) is 0 Å². The zero-order chi connectivity index (χ0) is 11.3. The van der Waals surface area contributed by atoms with Crippen molar-refractivity contribution in [2.24, 2.45) is 0 Å². The molecule has 0 fully saturated rings. The summed E-state index contributed by atoms with van der Waals surface area (Å²) in [6.45, 7) is 7.06. The van der Waals surface area contributed by atoms with Crippen LogP contribution in [0.4, 0.5) is 0 Å². The number of halogens is 1. The highest BCUT2D eigenvalue weighted by atomic mass is 79.9. The van der Waals surface area contributed by atoms with E-state index in [1.807, 2.05) is 32.9 Å². The first-order valence-corrected chi connectivity index (χ1v) is 5.76. The lowest BCUT2D eigenvalue weighted by atomic mass is 10.4. The molecular weight excluding hydrogens is 258 g/mol. The average Bonchev–Trinajstić information content (AvgIpc) is 2.18. The van der Waals surface area contributed by atoms with Gasteiger partial charge in [0.2, 0.25) is 5.88 Å². The Morgan fingerprint density at radius 3 is 2.67 bits per heavy atom. The molecule has 4 heteroatoms. The van der Waals surface area contributed by atoms with Crippen molar-refractivity contribution in [2.45, 2.75) is 26.9 Å². The maximum absolute atomic E-state index is 5.44. The van der Waals surface area contributed by atoms with E-state index in [0.717, 1.165) is 10.2 Å². The van der Waals surface area contributed by atoms with Crippen LogP contribution in [0.3, 0.4) is 0 Å². The summed E-state index contributed by atoms with van der Waals surface area (Å²) in [5, 5.41) is 0. The second-order valence-electron chi connectivity index (χ2n) is 3.48. The highest BCUT2D eigenvalue weighted by Gasteiger charge is 2.00.